The van der Waals surface area contributed by atoms with Crippen molar-refractivity contribution in [1.82, 2.24) is 14.8 Å². The third kappa shape index (κ3) is 3.46. The van der Waals surface area contributed by atoms with E-state index in [4.69, 9.17) is 15.6 Å². The fourth-order valence-corrected chi connectivity index (χ4v) is 3.19. The van der Waals surface area contributed by atoms with Crippen molar-refractivity contribution in [2.75, 3.05) is 24.7 Å². The number of aromatic nitrogens is 3. The predicted molar refractivity (Wildman–Crippen MR) is 104 cm³/mol. The summed E-state index contributed by atoms with van der Waals surface area (Å²) in [5.74, 6) is -0.297. The molecule has 1 aliphatic heterocycles. The summed E-state index contributed by atoms with van der Waals surface area (Å²) in [6.45, 7) is 1.55. The molecule has 1 atom stereocenters. The molecule has 27 heavy (non-hydrogen) atoms. The minimum Gasteiger partial charge on any atom is -0.480 e. The molecule has 4 rings (SSSR count). The van der Waals surface area contributed by atoms with Crippen molar-refractivity contribution in [3.05, 3.63) is 48.3 Å². The average Bonchev–Trinajstić information content (AvgIpc) is 3.07. The number of carbonyl (C=O) groups is 1. The fraction of sp³-hybridized carbons (Fsp3) is 0.278. The highest BCUT2D eigenvalue weighted by Gasteiger charge is 2.32. The van der Waals surface area contributed by atoms with Gasteiger partial charge in [0.2, 0.25) is 0 Å². The Bertz CT molecular complexity index is 944. The van der Waals surface area contributed by atoms with Crippen LogP contribution in [0.25, 0.3) is 16.6 Å². The molecule has 1 saturated heterocycles. The number of halogens is 1. The molecule has 1 fully saturated rings. The van der Waals surface area contributed by atoms with E-state index in [2.05, 4.69) is 4.98 Å². The minimum absolute atomic E-state index is 0. The molecule has 1 unspecified atom stereocenters. The Labute approximate surface area is 162 Å². The van der Waals surface area contributed by atoms with Crippen molar-refractivity contribution in [1.29, 1.82) is 0 Å². The van der Waals surface area contributed by atoms with Gasteiger partial charge in [-0.2, -0.15) is 0 Å². The smallest absolute Gasteiger partial charge is 0.328 e. The molecule has 8 nitrogen and oxygen atoms in total. The highest BCUT2D eigenvalue weighted by molar-refractivity contribution is 5.93. The van der Waals surface area contributed by atoms with Gasteiger partial charge in [-0.05, 0) is 23.8 Å². The maximum absolute atomic E-state index is 11.6. The lowest BCUT2D eigenvalue weighted by atomic mass is 10.2. The number of hydrogen-bond acceptors (Lipinski definition) is 6. The van der Waals surface area contributed by atoms with Crippen LogP contribution in [0.15, 0.2) is 42.7 Å². The van der Waals surface area contributed by atoms with Crippen LogP contribution in [0.4, 0.5) is 5.82 Å². The zero-order valence-corrected chi connectivity index (χ0v) is 15.3. The van der Waals surface area contributed by atoms with Gasteiger partial charge in [-0.3, -0.25) is 4.98 Å². The Morgan fingerprint density at radius 3 is 2.78 bits per heavy atom. The van der Waals surface area contributed by atoms with Gasteiger partial charge in [0.05, 0.1) is 30.6 Å². The summed E-state index contributed by atoms with van der Waals surface area (Å²) >= 11 is 0. The molecule has 0 bridgehead atoms. The molecule has 0 radical (unpaired) electrons. The SMILES string of the molecule is Cl.NCc1ccc(-n2nc(N3CCOCC3C(=O)O)c3ccncc32)cc1. The summed E-state index contributed by atoms with van der Waals surface area (Å²) < 4.78 is 7.13. The Hall–Kier alpha value is -2.68. The number of carboxylic acids is 1. The Morgan fingerprint density at radius 2 is 2.07 bits per heavy atom. The highest BCUT2D eigenvalue weighted by atomic mass is 35.5. The standard InChI is InChI=1S/C18H19N5O3.ClH/c19-9-12-1-3-13(4-2-12)23-15-10-20-6-5-14(15)17(21-23)22-7-8-26-11-16(22)18(24)25;/h1-6,10,16H,7-9,11,19H2,(H,24,25);1H. The van der Waals surface area contributed by atoms with Crippen LogP contribution in [0.1, 0.15) is 5.56 Å². The van der Waals surface area contributed by atoms with Gasteiger partial charge >= 0.3 is 5.97 Å². The molecule has 0 spiro atoms. The third-order valence-electron chi connectivity index (χ3n) is 4.57. The molecule has 142 valence electrons. The van der Waals surface area contributed by atoms with Crippen LogP contribution in [0.3, 0.4) is 0 Å². The molecule has 0 aliphatic carbocycles. The summed E-state index contributed by atoms with van der Waals surface area (Å²) in [7, 11) is 0. The van der Waals surface area contributed by atoms with E-state index in [0.29, 0.717) is 25.5 Å². The first kappa shape index (κ1) is 19.1. The van der Waals surface area contributed by atoms with Crippen LogP contribution in [0, 0.1) is 0 Å². The fourth-order valence-electron chi connectivity index (χ4n) is 3.19. The zero-order chi connectivity index (χ0) is 18.1. The first-order valence-corrected chi connectivity index (χ1v) is 8.38. The third-order valence-corrected chi connectivity index (χ3v) is 4.57. The van der Waals surface area contributed by atoms with E-state index in [1.54, 1.807) is 22.0 Å². The Balaban J connectivity index is 0.00000210. The molecule has 1 aromatic carbocycles. The van der Waals surface area contributed by atoms with Gasteiger partial charge in [0.25, 0.3) is 0 Å². The second-order valence-electron chi connectivity index (χ2n) is 6.12. The second-order valence-corrected chi connectivity index (χ2v) is 6.12. The van der Waals surface area contributed by atoms with Crippen molar-refractivity contribution < 1.29 is 14.6 Å². The van der Waals surface area contributed by atoms with E-state index >= 15 is 0 Å². The monoisotopic (exact) mass is 389 g/mol. The van der Waals surface area contributed by atoms with Crippen LogP contribution in [-0.4, -0.2) is 51.6 Å². The second kappa shape index (κ2) is 7.91. The van der Waals surface area contributed by atoms with Crippen LogP contribution in [-0.2, 0) is 16.1 Å². The number of fused-ring (bicyclic) bond motifs is 1. The lowest BCUT2D eigenvalue weighted by Crippen LogP contribution is -2.50. The number of hydrogen-bond donors (Lipinski definition) is 2. The number of ether oxygens (including phenoxy) is 1. The summed E-state index contributed by atoms with van der Waals surface area (Å²) in [5, 5.41) is 15.1. The lowest BCUT2D eigenvalue weighted by molar-refractivity contribution is -0.141. The largest absolute Gasteiger partial charge is 0.480 e. The molecular weight excluding hydrogens is 370 g/mol. The van der Waals surface area contributed by atoms with Crippen molar-refractivity contribution in [2.45, 2.75) is 12.6 Å². The number of aliphatic carboxylic acids is 1. The lowest BCUT2D eigenvalue weighted by Gasteiger charge is -2.33. The number of anilines is 1. The number of carboxylic acid groups (broad SMARTS) is 1. The molecule has 3 heterocycles. The normalized spacial score (nSPS) is 16.9. The van der Waals surface area contributed by atoms with E-state index in [-0.39, 0.29) is 19.0 Å². The topological polar surface area (TPSA) is 106 Å². The molecule has 1 aliphatic rings. The molecule has 9 heteroatoms. The molecule has 0 saturated carbocycles. The van der Waals surface area contributed by atoms with Crippen molar-refractivity contribution in [3.63, 3.8) is 0 Å². The molecule has 3 N–H and O–H groups in total. The first-order valence-electron chi connectivity index (χ1n) is 8.38. The van der Waals surface area contributed by atoms with Crippen LogP contribution in [0.5, 0.6) is 0 Å². The van der Waals surface area contributed by atoms with Gasteiger partial charge < -0.3 is 20.5 Å². The number of morpholine rings is 1. The van der Waals surface area contributed by atoms with E-state index in [1.807, 2.05) is 30.3 Å². The maximum atomic E-state index is 11.6. The zero-order valence-electron chi connectivity index (χ0n) is 14.5. The van der Waals surface area contributed by atoms with Crippen LogP contribution >= 0.6 is 12.4 Å². The Kier molecular flexibility index (Phi) is 5.59. The number of nitrogens with two attached hydrogens (primary N) is 1. The number of benzene rings is 1. The highest BCUT2D eigenvalue weighted by Crippen LogP contribution is 2.30. The van der Waals surface area contributed by atoms with Gasteiger partial charge in [-0.15, -0.1) is 17.5 Å². The van der Waals surface area contributed by atoms with Gasteiger partial charge in [0.15, 0.2) is 11.9 Å². The van der Waals surface area contributed by atoms with E-state index in [1.165, 1.54) is 0 Å². The van der Waals surface area contributed by atoms with Gasteiger partial charge in [0, 0.05) is 24.7 Å². The summed E-state index contributed by atoms with van der Waals surface area (Å²) in [5.41, 5.74) is 8.38. The minimum atomic E-state index is -0.922. The molecular formula is C18H20ClN5O3. The van der Waals surface area contributed by atoms with Crippen molar-refractivity contribution in [3.8, 4) is 5.69 Å². The number of rotatable bonds is 4. The number of pyridine rings is 1. The van der Waals surface area contributed by atoms with Crippen LogP contribution in [0.2, 0.25) is 0 Å². The Morgan fingerprint density at radius 1 is 1.30 bits per heavy atom. The van der Waals surface area contributed by atoms with Gasteiger partial charge in [0.1, 0.15) is 0 Å². The molecule has 3 aromatic rings. The van der Waals surface area contributed by atoms with Crippen LogP contribution < -0.4 is 10.6 Å². The van der Waals surface area contributed by atoms with E-state index in [9.17, 15) is 9.90 Å². The quantitative estimate of drug-likeness (QED) is 0.697. The number of nitrogens with zero attached hydrogens (tertiary/aromatic N) is 4. The summed E-state index contributed by atoms with van der Waals surface area (Å²) in [4.78, 5) is 17.6. The van der Waals surface area contributed by atoms with Crippen molar-refractivity contribution in [2.24, 2.45) is 5.73 Å². The average molecular weight is 390 g/mol. The molecule has 2 aromatic heterocycles. The molecule has 0 amide bonds. The van der Waals surface area contributed by atoms with Gasteiger partial charge in [-0.25, -0.2) is 9.48 Å². The predicted octanol–water partition coefficient (Wildman–Crippen LogP) is 1.59. The first-order chi connectivity index (χ1) is 12.7. The summed E-state index contributed by atoms with van der Waals surface area (Å²) in [6.07, 6.45) is 3.42. The maximum Gasteiger partial charge on any atom is 0.328 e. The van der Waals surface area contributed by atoms with E-state index < -0.39 is 12.0 Å². The van der Waals surface area contributed by atoms with Crippen molar-refractivity contribution >= 4 is 35.1 Å². The van der Waals surface area contributed by atoms with Gasteiger partial charge in [-0.1, -0.05) is 12.1 Å². The summed E-state index contributed by atoms with van der Waals surface area (Å²) in [6, 6.07) is 8.89. The van der Waals surface area contributed by atoms with E-state index in [0.717, 1.165) is 22.2 Å².